The maximum atomic E-state index is 11.9. The third-order valence-electron chi connectivity index (χ3n) is 3.62. The van der Waals surface area contributed by atoms with E-state index in [0.29, 0.717) is 12.4 Å². The molecule has 0 saturated heterocycles. The molecule has 0 atom stereocenters. The minimum atomic E-state index is -0.233. The summed E-state index contributed by atoms with van der Waals surface area (Å²) in [6.45, 7) is 6.98. The number of hydrogen-bond donors (Lipinski definition) is 2. The maximum absolute atomic E-state index is 11.9. The molecule has 6 heteroatoms. The van der Waals surface area contributed by atoms with E-state index in [2.05, 4.69) is 54.6 Å². The van der Waals surface area contributed by atoms with Gasteiger partial charge in [0, 0.05) is 15.0 Å². The van der Waals surface area contributed by atoms with Crippen LogP contribution in [0.15, 0.2) is 41.0 Å². The Kier molecular flexibility index (Phi) is 4.57. The van der Waals surface area contributed by atoms with E-state index in [1.165, 1.54) is 10.1 Å². The van der Waals surface area contributed by atoms with E-state index < -0.39 is 0 Å². The van der Waals surface area contributed by atoms with Gasteiger partial charge in [0.15, 0.2) is 0 Å². The third kappa shape index (κ3) is 3.94. The fourth-order valence-electron chi connectivity index (χ4n) is 2.25. The fourth-order valence-corrected chi connectivity index (χ4v) is 3.25. The monoisotopic (exact) mass is 343 g/mol. The van der Waals surface area contributed by atoms with Gasteiger partial charge in [-0.2, -0.15) is 0 Å². The Bertz CT molecular complexity index is 812. The number of thiophene rings is 1. The average molecular weight is 343 g/mol. The molecule has 0 bridgehead atoms. The second kappa shape index (κ2) is 6.65. The van der Waals surface area contributed by atoms with Crippen molar-refractivity contribution in [2.45, 2.75) is 39.3 Å². The predicted molar refractivity (Wildman–Crippen MR) is 96.1 cm³/mol. The van der Waals surface area contributed by atoms with Gasteiger partial charge >= 0.3 is 6.03 Å². The van der Waals surface area contributed by atoms with Crippen LogP contribution < -0.4 is 10.6 Å². The van der Waals surface area contributed by atoms with Crippen LogP contribution in [0.1, 0.15) is 37.2 Å². The Labute approximate surface area is 145 Å². The minimum absolute atomic E-state index is 0.0643. The first kappa shape index (κ1) is 16.5. The van der Waals surface area contributed by atoms with Crippen LogP contribution in [0.25, 0.3) is 10.1 Å². The van der Waals surface area contributed by atoms with E-state index in [1.807, 2.05) is 12.1 Å². The lowest BCUT2D eigenvalue weighted by molar-refractivity contribution is 0.239. The molecule has 0 fully saturated rings. The van der Waals surface area contributed by atoms with Crippen LogP contribution in [-0.4, -0.2) is 11.0 Å². The molecule has 0 spiro atoms. The predicted octanol–water partition coefficient (Wildman–Crippen LogP) is 4.19. The highest BCUT2D eigenvalue weighted by Crippen LogP contribution is 2.25. The molecule has 0 radical (unpaired) electrons. The topological polar surface area (TPSA) is 67.2 Å². The van der Waals surface area contributed by atoms with E-state index >= 15 is 0 Å². The number of amides is 2. The Morgan fingerprint density at radius 3 is 2.67 bits per heavy atom. The van der Waals surface area contributed by atoms with Crippen molar-refractivity contribution in [1.82, 2.24) is 15.6 Å². The van der Waals surface area contributed by atoms with Crippen LogP contribution >= 0.6 is 11.3 Å². The van der Waals surface area contributed by atoms with Gasteiger partial charge < -0.3 is 15.1 Å². The van der Waals surface area contributed by atoms with Crippen molar-refractivity contribution in [2.24, 2.45) is 0 Å². The van der Waals surface area contributed by atoms with Gasteiger partial charge in [-0.15, -0.1) is 11.3 Å². The summed E-state index contributed by atoms with van der Waals surface area (Å²) in [5, 5.41) is 6.83. The van der Waals surface area contributed by atoms with E-state index in [-0.39, 0.29) is 18.0 Å². The summed E-state index contributed by atoms with van der Waals surface area (Å²) >= 11 is 1.69. The van der Waals surface area contributed by atoms with Crippen LogP contribution in [0.5, 0.6) is 0 Å². The quantitative estimate of drug-likeness (QED) is 0.746. The molecule has 0 unspecified atom stereocenters. The maximum Gasteiger partial charge on any atom is 0.315 e. The molecule has 2 heterocycles. The van der Waals surface area contributed by atoms with E-state index in [4.69, 9.17) is 4.42 Å². The Morgan fingerprint density at radius 1 is 1.21 bits per heavy atom. The fraction of sp³-hybridized carbons (Fsp3) is 0.333. The van der Waals surface area contributed by atoms with Crippen molar-refractivity contribution in [3.63, 3.8) is 0 Å². The standard InChI is InChI=1S/C18H21N3O2S/c1-18(2,3)15-11-23-16(21-15)10-20-17(22)19-9-13-8-12-6-4-5-7-14(12)24-13/h4-8,11H,9-10H2,1-3H3,(H2,19,20,22). The van der Waals surface area contributed by atoms with Gasteiger partial charge in [0.25, 0.3) is 0 Å². The number of urea groups is 1. The highest BCUT2D eigenvalue weighted by atomic mass is 32.1. The molecule has 5 nitrogen and oxygen atoms in total. The number of nitrogens with one attached hydrogen (secondary N) is 2. The van der Waals surface area contributed by atoms with Crippen molar-refractivity contribution in [3.05, 3.63) is 53.1 Å². The number of hydrogen-bond acceptors (Lipinski definition) is 4. The summed E-state index contributed by atoms with van der Waals surface area (Å²) in [6.07, 6.45) is 1.64. The number of fused-ring (bicyclic) bond motifs is 1. The first-order chi connectivity index (χ1) is 11.4. The molecule has 3 rings (SSSR count). The molecule has 3 aromatic rings. The summed E-state index contributed by atoms with van der Waals surface area (Å²) in [5.74, 6) is 0.511. The highest BCUT2D eigenvalue weighted by molar-refractivity contribution is 7.19. The molecule has 0 aliphatic carbocycles. The van der Waals surface area contributed by atoms with E-state index in [0.717, 1.165) is 10.6 Å². The molecule has 24 heavy (non-hydrogen) atoms. The second-order valence-electron chi connectivity index (χ2n) is 6.66. The first-order valence-electron chi connectivity index (χ1n) is 7.86. The van der Waals surface area contributed by atoms with Crippen LogP contribution in [0.3, 0.4) is 0 Å². The van der Waals surface area contributed by atoms with Gasteiger partial charge in [0.2, 0.25) is 5.89 Å². The zero-order chi connectivity index (χ0) is 17.2. The van der Waals surface area contributed by atoms with Crippen LogP contribution in [0, 0.1) is 0 Å². The van der Waals surface area contributed by atoms with Crippen LogP contribution in [-0.2, 0) is 18.5 Å². The molecule has 2 aromatic heterocycles. The van der Waals surface area contributed by atoms with Crippen molar-refractivity contribution in [1.29, 1.82) is 0 Å². The smallest absolute Gasteiger partial charge is 0.315 e. The Balaban J connectivity index is 1.50. The van der Waals surface area contributed by atoms with Gasteiger partial charge in [-0.25, -0.2) is 9.78 Å². The summed E-state index contributed by atoms with van der Waals surface area (Å²) in [6, 6.07) is 10.1. The summed E-state index contributed by atoms with van der Waals surface area (Å²) in [4.78, 5) is 17.4. The molecule has 1 aromatic carbocycles. The Morgan fingerprint density at radius 2 is 1.96 bits per heavy atom. The molecule has 0 saturated carbocycles. The molecule has 0 aliphatic heterocycles. The Hall–Kier alpha value is -2.34. The second-order valence-corrected chi connectivity index (χ2v) is 7.83. The lowest BCUT2D eigenvalue weighted by Gasteiger charge is -2.13. The van der Waals surface area contributed by atoms with Gasteiger partial charge in [-0.05, 0) is 17.5 Å². The van der Waals surface area contributed by atoms with Gasteiger partial charge in [-0.3, -0.25) is 0 Å². The number of benzene rings is 1. The first-order valence-corrected chi connectivity index (χ1v) is 8.67. The molecule has 2 N–H and O–H groups in total. The van der Waals surface area contributed by atoms with Gasteiger partial charge in [0.1, 0.15) is 6.26 Å². The number of carbonyl (C=O) groups is 1. The van der Waals surface area contributed by atoms with Crippen molar-refractivity contribution in [2.75, 3.05) is 0 Å². The largest absolute Gasteiger partial charge is 0.447 e. The summed E-state index contributed by atoms with van der Waals surface area (Å²) in [7, 11) is 0. The van der Waals surface area contributed by atoms with Crippen molar-refractivity contribution >= 4 is 27.5 Å². The van der Waals surface area contributed by atoms with E-state index in [1.54, 1.807) is 17.6 Å². The van der Waals surface area contributed by atoms with Crippen LogP contribution in [0.2, 0.25) is 0 Å². The number of carbonyl (C=O) groups excluding carboxylic acids is 1. The molecular formula is C18H21N3O2S. The van der Waals surface area contributed by atoms with Crippen molar-refractivity contribution < 1.29 is 9.21 Å². The molecule has 126 valence electrons. The lowest BCUT2D eigenvalue weighted by atomic mass is 9.93. The number of aromatic nitrogens is 1. The summed E-state index contributed by atoms with van der Waals surface area (Å²) in [5.41, 5.74) is 0.815. The van der Waals surface area contributed by atoms with Gasteiger partial charge in [-0.1, -0.05) is 39.0 Å². The van der Waals surface area contributed by atoms with Gasteiger partial charge in [0.05, 0.1) is 18.8 Å². The van der Waals surface area contributed by atoms with E-state index in [9.17, 15) is 4.79 Å². The lowest BCUT2D eigenvalue weighted by Crippen LogP contribution is -2.34. The normalized spacial score (nSPS) is 11.6. The molecular weight excluding hydrogens is 322 g/mol. The summed E-state index contributed by atoms with van der Waals surface area (Å²) < 4.78 is 6.62. The zero-order valence-electron chi connectivity index (χ0n) is 14.1. The molecule has 0 aliphatic rings. The number of rotatable bonds is 4. The van der Waals surface area contributed by atoms with Crippen molar-refractivity contribution in [3.8, 4) is 0 Å². The zero-order valence-corrected chi connectivity index (χ0v) is 14.9. The number of nitrogens with zero attached hydrogens (tertiary/aromatic N) is 1. The number of oxazole rings is 1. The third-order valence-corrected chi connectivity index (χ3v) is 4.74. The highest BCUT2D eigenvalue weighted by Gasteiger charge is 2.18. The minimum Gasteiger partial charge on any atom is -0.447 e. The molecule has 2 amide bonds. The SMILES string of the molecule is CC(C)(C)c1coc(CNC(=O)NCc2cc3ccccc3s2)n1. The van der Waals surface area contributed by atoms with Crippen LogP contribution in [0.4, 0.5) is 4.79 Å². The average Bonchev–Trinajstić information content (AvgIpc) is 3.16.